The fourth-order valence-corrected chi connectivity index (χ4v) is 4.23. The summed E-state index contributed by atoms with van der Waals surface area (Å²) in [6.45, 7) is 5.75. The molecular formula is C15H26N6O2S. The third kappa shape index (κ3) is 3.33. The van der Waals surface area contributed by atoms with E-state index >= 15 is 0 Å². The molecule has 1 N–H and O–H groups in total. The van der Waals surface area contributed by atoms with Gasteiger partial charge in [0.2, 0.25) is 16.0 Å². The Morgan fingerprint density at radius 1 is 1.17 bits per heavy atom. The van der Waals surface area contributed by atoms with Crippen LogP contribution in [0.15, 0.2) is 0 Å². The van der Waals surface area contributed by atoms with Crippen molar-refractivity contribution in [3.63, 3.8) is 0 Å². The molecule has 0 unspecified atom stereocenters. The molecule has 3 rings (SSSR count). The SMILES string of the molecule is CCS(=O)(=O)N1CCN(c2nc(N(C)C)nc3c2CCNC3)CC1. The van der Waals surface area contributed by atoms with Crippen molar-refractivity contribution in [2.45, 2.75) is 19.9 Å². The van der Waals surface area contributed by atoms with Crippen molar-refractivity contribution >= 4 is 21.8 Å². The highest BCUT2D eigenvalue weighted by atomic mass is 32.2. The molecule has 3 heterocycles. The number of sulfonamides is 1. The summed E-state index contributed by atoms with van der Waals surface area (Å²) in [4.78, 5) is 13.5. The van der Waals surface area contributed by atoms with Gasteiger partial charge in [-0.1, -0.05) is 0 Å². The van der Waals surface area contributed by atoms with E-state index in [1.165, 1.54) is 5.56 Å². The van der Waals surface area contributed by atoms with Crippen molar-refractivity contribution in [1.82, 2.24) is 19.6 Å². The maximum absolute atomic E-state index is 12.0. The third-order valence-electron chi connectivity index (χ3n) is 4.60. The van der Waals surface area contributed by atoms with Crippen LogP contribution < -0.4 is 15.1 Å². The van der Waals surface area contributed by atoms with Gasteiger partial charge in [-0.15, -0.1) is 0 Å². The van der Waals surface area contributed by atoms with Gasteiger partial charge in [0.15, 0.2) is 0 Å². The fraction of sp³-hybridized carbons (Fsp3) is 0.733. The van der Waals surface area contributed by atoms with E-state index in [0.717, 1.165) is 31.0 Å². The van der Waals surface area contributed by atoms with Crippen LogP contribution in [0, 0.1) is 0 Å². The monoisotopic (exact) mass is 354 g/mol. The molecule has 1 saturated heterocycles. The van der Waals surface area contributed by atoms with Gasteiger partial charge in [-0.3, -0.25) is 0 Å². The Balaban J connectivity index is 1.86. The smallest absolute Gasteiger partial charge is 0.227 e. The number of aromatic nitrogens is 2. The van der Waals surface area contributed by atoms with E-state index in [-0.39, 0.29) is 5.75 Å². The van der Waals surface area contributed by atoms with Gasteiger partial charge in [0.1, 0.15) is 5.82 Å². The van der Waals surface area contributed by atoms with E-state index in [1.54, 1.807) is 11.2 Å². The molecule has 1 aromatic rings. The highest BCUT2D eigenvalue weighted by Crippen LogP contribution is 2.27. The van der Waals surface area contributed by atoms with Crippen molar-refractivity contribution in [2.24, 2.45) is 0 Å². The molecule has 0 atom stereocenters. The minimum Gasteiger partial charge on any atom is -0.354 e. The summed E-state index contributed by atoms with van der Waals surface area (Å²) in [5, 5.41) is 3.36. The van der Waals surface area contributed by atoms with Crippen LogP contribution in [0.5, 0.6) is 0 Å². The Morgan fingerprint density at radius 3 is 2.50 bits per heavy atom. The molecule has 0 amide bonds. The Labute approximate surface area is 143 Å². The molecule has 0 aliphatic carbocycles. The zero-order valence-corrected chi connectivity index (χ0v) is 15.4. The Morgan fingerprint density at radius 2 is 1.88 bits per heavy atom. The summed E-state index contributed by atoms with van der Waals surface area (Å²) in [5.41, 5.74) is 2.25. The van der Waals surface area contributed by atoms with Crippen LogP contribution >= 0.6 is 0 Å². The lowest BCUT2D eigenvalue weighted by atomic mass is 10.1. The van der Waals surface area contributed by atoms with Crippen molar-refractivity contribution < 1.29 is 8.42 Å². The lowest BCUT2D eigenvalue weighted by Crippen LogP contribution is -2.50. The van der Waals surface area contributed by atoms with Crippen LogP contribution in [-0.2, 0) is 23.0 Å². The normalized spacial score (nSPS) is 19.2. The van der Waals surface area contributed by atoms with Gasteiger partial charge in [-0.05, 0) is 19.9 Å². The molecule has 0 spiro atoms. The van der Waals surface area contributed by atoms with E-state index in [0.29, 0.717) is 32.1 Å². The number of hydrogen-bond acceptors (Lipinski definition) is 7. The molecule has 0 aromatic carbocycles. The molecule has 0 saturated carbocycles. The average molecular weight is 354 g/mol. The Kier molecular flexibility index (Phi) is 4.93. The number of nitrogens with zero attached hydrogens (tertiary/aromatic N) is 5. The van der Waals surface area contributed by atoms with Crippen molar-refractivity contribution in [2.75, 3.05) is 62.4 Å². The van der Waals surface area contributed by atoms with Gasteiger partial charge in [-0.2, -0.15) is 9.29 Å². The highest BCUT2D eigenvalue weighted by Gasteiger charge is 2.29. The maximum atomic E-state index is 12.0. The molecule has 8 nitrogen and oxygen atoms in total. The third-order valence-corrected chi connectivity index (χ3v) is 6.48. The lowest BCUT2D eigenvalue weighted by molar-refractivity contribution is 0.384. The summed E-state index contributed by atoms with van der Waals surface area (Å²) in [6.07, 6.45) is 0.909. The van der Waals surface area contributed by atoms with E-state index < -0.39 is 10.0 Å². The molecule has 1 aromatic heterocycles. The first kappa shape index (κ1) is 17.4. The number of anilines is 2. The van der Waals surface area contributed by atoms with Gasteiger partial charge in [0, 0.05) is 52.4 Å². The summed E-state index contributed by atoms with van der Waals surface area (Å²) in [5.74, 6) is 1.83. The number of hydrogen-bond donors (Lipinski definition) is 1. The average Bonchev–Trinajstić information content (AvgIpc) is 2.60. The van der Waals surface area contributed by atoms with Gasteiger partial charge in [-0.25, -0.2) is 13.4 Å². The van der Waals surface area contributed by atoms with Gasteiger partial charge in [0.25, 0.3) is 0 Å². The second kappa shape index (κ2) is 6.81. The van der Waals surface area contributed by atoms with Gasteiger partial charge in [0.05, 0.1) is 11.4 Å². The predicted octanol–water partition coefficient (Wildman–Crippen LogP) is -0.340. The van der Waals surface area contributed by atoms with Crippen molar-refractivity contribution in [3.05, 3.63) is 11.3 Å². The van der Waals surface area contributed by atoms with Crippen LogP contribution in [0.25, 0.3) is 0 Å². The van der Waals surface area contributed by atoms with Crippen LogP contribution in [0.4, 0.5) is 11.8 Å². The summed E-state index contributed by atoms with van der Waals surface area (Å²) < 4.78 is 25.7. The fourth-order valence-electron chi connectivity index (χ4n) is 3.15. The van der Waals surface area contributed by atoms with Gasteiger partial charge >= 0.3 is 0 Å². The topological polar surface area (TPSA) is 81.7 Å². The van der Waals surface area contributed by atoms with Crippen molar-refractivity contribution in [1.29, 1.82) is 0 Å². The molecule has 134 valence electrons. The van der Waals surface area contributed by atoms with E-state index in [1.807, 2.05) is 19.0 Å². The number of nitrogens with one attached hydrogen (secondary N) is 1. The second-order valence-electron chi connectivity index (χ2n) is 6.38. The minimum absolute atomic E-state index is 0.159. The molecule has 2 aliphatic rings. The predicted molar refractivity (Wildman–Crippen MR) is 95.0 cm³/mol. The summed E-state index contributed by atoms with van der Waals surface area (Å²) in [6, 6.07) is 0. The number of piperazine rings is 1. The largest absolute Gasteiger partial charge is 0.354 e. The first-order valence-corrected chi connectivity index (χ1v) is 10.0. The van der Waals surface area contributed by atoms with Crippen molar-refractivity contribution in [3.8, 4) is 0 Å². The summed E-state index contributed by atoms with van der Waals surface area (Å²) >= 11 is 0. The maximum Gasteiger partial charge on any atom is 0.227 e. The minimum atomic E-state index is -3.11. The first-order chi connectivity index (χ1) is 11.4. The summed E-state index contributed by atoms with van der Waals surface area (Å²) in [7, 11) is 0.766. The number of fused-ring (bicyclic) bond motifs is 1. The zero-order valence-electron chi connectivity index (χ0n) is 14.6. The van der Waals surface area contributed by atoms with E-state index in [2.05, 4.69) is 15.2 Å². The van der Waals surface area contributed by atoms with Crippen LogP contribution in [0.3, 0.4) is 0 Å². The Hall–Kier alpha value is -1.45. The quantitative estimate of drug-likeness (QED) is 0.792. The molecule has 0 bridgehead atoms. The standard InChI is InChI=1S/C15H26N6O2S/c1-4-24(22,23)21-9-7-20(8-10-21)14-12-5-6-16-11-13(12)17-15(18-14)19(2)3/h16H,4-11H2,1-3H3. The van der Waals surface area contributed by atoms with E-state index in [9.17, 15) is 8.42 Å². The molecule has 24 heavy (non-hydrogen) atoms. The second-order valence-corrected chi connectivity index (χ2v) is 8.64. The molecule has 0 radical (unpaired) electrons. The van der Waals surface area contributed by atoms with Crippen LogP contribution in [0.2, 0.25) is 0 Å². The van der Waals surface area contributed by atoms with Crippen LogP contribution in [-0.4, -0.2) is 75.3 Å². The molecule has 2 aliphatic heterocycles. The lowest BCUT2D eigenvalue weighted by Gasteiger charge is -2.36. The Bertz CT molecular complexity index is 698. The molecular weight excluding hydrogens is 328 g/mol. The zero-order chi connectivity index (χ0) is 17.3. The first-order valence-electron chi connectivity index (χ1n) is 8.43. The molecule has 1 fully saturated rings. The highest BCUT2D eigenvalue weighted by molar-refractivity contribution is 7.89. The molecule has 9 heteroatoms. The van der Waals surface area contributed by atoms with E-state index in [4.69, 9.17) is 4.98 Å². The number of rotatable bonds is 4. The van der Waals surface area contributed by atoms with Crippen LogP contribution in [0.1, 0.15) is 18.2 Å². The van der Waals surface area contributed by atoms with Gasteiger partial charge < -0.3 is 15.1 Å².